The zero-order valence-electron chi connectivity index (χ0n) is 12.1. The number of pyridine rings is 1. The van der Waals surface area contributed by atoms with Gasteiger partial charge in [-0.3, -0.25) is 25.0 Å². The van der Waals surface area contributed by atoms with E-state index in [1.54, 1.807) is 30.6 Å². The van der Waals surface area contributed by atoms with Crippen LogP contribution in [-0.2, 0) is 0 Å². The summed E-state index contributed by atoms with van der Waals surface area (Å²) >= 11 is 5.74. The van der Waals surface area contributed by atoms with Crippen LogP contribution >= 0.6 is 11.6 Å². The number of halogens is 1. The number of H-pyrrole nitrogens is 1. The minimum absolute atomic E-state index is 0.0992. The molecule has 2 heterocycles. The van der Waals surface area contributed by atoms with E-state index in [-0.39, 0.29) is 22.1 Å². The van der Waals surface area contributed by atoms with Gasteiger partial charge in [-0.2, -0.15) is 5.10 Å². The minimum Gasteiger partial charge on any atom is -0.305 e. The van der Waals surface area contributed by atoms with Gasteiger partial charge < -0.3 is 5.32 Å². The molecule has 0 atom stereocenters. The molecular formula is C15H10ClN5O3. The molecule has 8 nitrogen and oxygen atoms in total. The lowest BCUT2D eigenvalue weighted by Gasteiger charge is -2.03. The first-order chi connectivity index (χ1) is 11.5. The smallest absolute Gasteiger partial charge is 0.283 e. The van der Waals surface area contributed by atoms with Crippen molar-refractivity contribution < 1.29 is 9.72 Å². The zero-order chi connectivity index (χ0) is 17.1. The first kappa shape index (κ1) is 15.6. The maximum atomic E-state index is 12.3. The normalized spacial score (nSPS) is 10.4. The van der Waals surface area contributed by atoms with Crippen molar-refractivity contribution in [3.05, 3.63) is 69.5 Å². The number of carbonyl (C=O) groups excluding carboxylic acids is 1. The van der Waals surface area contributed by atoms with Gasteiger partial charge in [0, 0.05) is 35.1 Å². The van der Waals surface area contributed by atoms with E-state index in [0.29, 0.717) is 5.69 Å². The summed E-state index contributed by atoms with van der Waals surface area (Å²) in [5, 5.41) is 20.5. The van der Waals surface area contributed by atoms with E-state index >= 15 is 0 Å². The van der Waals surface area contributed by atoms with Crippen molar-refractivity contribution in [1.82, 2.24) is 15.2 Å². The molecule has 0 aliphatic heterocycles. The minimum atomic E-state index is -0.659. The number of carbonyl (C=O) groups is 1. The SMILES string of the molecule is O=C(Nc1cc(-c2ccncc2)[nH]n1)c1ccc(Cl)cc1[N+](=O)[O-]. The maximum absolute atomic E-state index is 12.3. The average Bonchev–Trinajstić information content (AvgIpc) is 3.04. The summed E-state index contributed by atoms with van der Waals surface area (Å²) in [7, 11) is 0. The molecule has 24 heavy (non-hydrogen) atoms. The van der Waals surface area contributed by atoms with Crippen molar-refractivity contribution in [3.63, 3.8) is 0 Å². The van der Waals surface area contributed by atoms with E-state index in [4.69, 9.17) is 11.6 Å². The molecule has 0 saturated heterocycles. The van der Waals surface area contributed by atoms with E-state index in [0.717, 1.165) is 11.6 Å². The lowest BCUT2D eigenvalue weighted by atomic mass is 10.1. The van der Waals surface area contributed by atoms with Crippen molar-refractivity contribution >= 4 is 29.0 Å². The Morgan fingerprint density at radius 2 is 1.96 bits per heavy atom. The van der Waals surface area contributed by atoms with Gasteiger partial charge in [-0.05, 0) is 24.3 Å². The lowest BCUT2D eigenvalue weighted by Crippen LogP contribution is -2.14. The maximum Gasteiger partial charge on any atom is 0.283 e. The van der Waals surface area contributed by atoms with E-state index in [1.807, 2.05) is 0 Å². The molecule has 2 aromatic heterocycles. The van der Waals surface area contributed by atoms with E-state index < -0.39 is 10.8 Å². The molecule has 2 N–H and O–H groups in total. The first-order valence-corrected chi connectivity index (χ1v) is 7.13. The first-order valence-electron chi connectivity index (χ1n) is 6.75. The Kier molecular flexibility index (Phi) is 4.21. The predicted octanol–water partition coefficient (Wildman–Crippen LogP) is 3.29. The molecule has 0 bridgehead atoms. The van der Waals surface area contributed by atoms with E-state index in [1.165, 1.54) is 12.1 Å². The molecule has 3 rings (SSSR count). The number of nitro benzene ring substituents is 1. The molecule has 0 aliphatic carbocycles. The van der Waals surface area contributed by atoms with Crippen LogP contribution in [0.15, 0.2) is 48.8 Å². The van der Waals surface area contributed by atoms with Crippen LogP contribution < -0.4 is 5.32 Å². The number of nitro groups is 1. The van der Waals surface area contributed by atoms with Crippen molar-refractivity contribution in [2.24, 2.45) is 0 Å². The lowest BCUT2D eigenvalue weighted by molar-refractivity contribution is -0.385. The standard InChI is InChI=1S/C15H10ClN5O3/c16-10-1-2-11(13(7-10)21(23)24)15(22)18-14-8-12(19-20-14)9-3-5-17-6-4-9/h1-8H,(H2,18,19,20,22). The van der Waals surface area contributed by atoms with Crippen LogP contribution in [0.2, 0.25) is 5.02 Å². The molecule has 120 valence electrons. The van der Waals surface area contributed by atoms with Gasteiger partial charge in [-0.25, -0.2) is 0 Å². The number of hydrogen-bond acceptors (Lipinski definition) is 5. The van der Waals surface area contributed by atoms with Crippen LogP contribution in [-0.4, -0.2) is 26.0 Å². The van der Waals surface area contributed by atoms with Crippen molar-refractivity contribution in [2.45, 2.75) is 0 Å². The summed E-state index contributed by atoms with van der Waals surface area (Å²) < 4.78 is 0. The van der Waals surface area contributed by atoms with Gasteiger partial charge in [-0.1, -0.05) is 11.6 Å². The van der Waals surface area contributed by atoms with E-state index in [2.05, 4.69) is 20.5 Å². The van der Waals surface area contributed by atoms with Crippen LogP contribution in [0, 0.1) is 10.1 Å². The van der Waals surface area contributed by atoms with Crippen LogP contribution in [0.25, 0.3) is 11.3 Å². The fraction of sp³-hybridized carbons (Fsp3) is 0. The third-order valence-corrected chi connectivity index (χ3v) is 3.45. The highest BCUT2D eigenvalue weighted by atomic mass is 35.5. The number of hydrogen-bond donors (Lipinski definition) is 2. The third-order valence-electron chi connectivity index (χ3n) is 3.21. The zero-order valence-corrected chi connectivity index (χ0v) is 12.8. The largest absolute Gasteiger partial charge is 0.305 e. The molecule has 0 spiro atoms. The molecular weight excluding hydrogens is 334 g/mol. The quantitative estimate of drug-likeness (QED) is 0.557. The topological polar surface area (TPSA) is 114 Å². The fourth-order valence-electron chi connectivity index (χ4n) is 2.10. The van der Waals surface area contributed by atoms with Crippen molar-refractivity contribution in [3.8, 4) is 11.3 Å². The third kappa shape index (κ3) is 3.23. The summed E-state index contributed by atoms with van der Waals surface area (Å²) in [6.45, 7) is 0. The number of rotatable bonds is 4. The number of nitrogens with zero attached hydrogens (tertiary/aromatic N) is 3. The summed E-state index contributed by atoms with van der Waals surface area (Å²) in [5.74, 6) is -0.401. The van der Waals surface area contributed by atoms with Crippen molar-refractivity contribution in [2.75, 3.05) is 5.32 Å². The number of anilines is 1. The Labute approximate surface area is 140 Å². The summed E-state index contributed by atoms with van der Waals surface area (Å²) in [6.07, 6.45) is 3.26. The number of aromatic nitrogens is 3. The predicted molar refractivity (Wildman–Crippen MR) is 87.9 cm³/mol. The molecule has 0 saturated carbocycles. The van der Waals surface area contributed by atoms with Crippen LogP contribution in [0.1, 0.15) is 10.4 Å². The van der Waals surface area contributed by atoms with Gasteiger partial charge in [0.15, 0.2) is 5.82 Å². The second kappa shape index (κ2) is 6.47. The Bertz CT molecular complexity index is 910. The Hall–Kier alpha value is -3.26. The van der Waals surface area contributed by atoms with Gasteiger partial charge >= 0.3 is 0 Å². The average molecular weight is 344 g/mol. The monoisotopic (exact) mass is 343 g/mol. The summed E-state index contributed by atoms with van der Waals surface area (Å²) in [4.78, 5) is 26.6. The molecule has 1 amide bonds. The molecule has 0 fully saturated rings. The number of aromatic amines is 1. The molecule has 1 aromatic carbocycles. The summed E-state index contributed by atoms with van der Waals surface area (Å²) in [5.41, 5.74) is 1.05. The fourth-order valence-corrected chi connectivity index (χ4v) is 2.26. The molecule has 9 heteroatoms. The van der Waals surface area contributed by atoms with Gasteiger partial charge in [0.2, 0.25) is 0 Å². The second-order valence-electron chi connectivity index (χ2n) is 4.78. The van der Waals surface area contributed by atoms with Crippen LogP contribution in [0.5, 0.6) is 0 Å². The highest BCUT2D eigenvalue weighted by Gasteiger charge is 2.21. The highest BCUT2D eigenvalue weighted by Crippen LogP contribution is 2.25. The molecule has 3 aromatic rings. The van der Waals surface area contributed by atoms with Crippen LogP contribution in [0.3, 0.4) is 0 Å². The van der Waals surface area contributed by atoms with E-state index in [9.17, 15) is 14.9 Å². The molecule has 0 radical (unpaired) electrons. The molecule has 0 unspecified atom stereocenters. The van der Waals surface area contributed by atoms with Crippen LogP contribution in [0.4, 0.5) is 11.5 Å². The van der Waals surface area contributed by atoms with Crippen molar-refractivity contribution in [1.29, 1.82) is 0 Å². The highest BCUT2D eigenvalue weighted by molar-refractivity contribution is 6.31. The summed E-state index contributed by atoms with van der Waals surface area (Å²) in [6, 6.07) is 9.02. The number of nitrogens with one attached hydrogen (secondary N) is 2. The molecule has 0 aliphatic rings. The number of benzene rings is 1. The van der Waals surface area contributed by atoms with Gasteiger partial charge in [0.25, 0.3) is 11.6 Å². The van der Waals surface area contributed by atoms with Gasteiger partial charge in [0.05, 0.1) is 10.6 Å². The number of amides is 1. The Morgan fingerprint density at radius 3 is 2.67 bits per heavy atom. The Balaban J connectivity index is 1.84. The van der Waals surface area contributed by atoms with Gasteiger partial charge in [0.1, 0.15) is 5.56 Å². The van der Waals surface area contributed by atoms with Gasteiger partial charge in [-0.15, -0.1) is 0 Å². The Morgan fingerprint density at radius 1 is 1.21 bits per heavy atom. The second-order valence-corrected chi connectivity index (χ2v) is 5.21.